The van der Waals surface area contributed by atoms with Gasteiger partial charge in [0.25, 0.3) is 0 Å². The summed E-state index contributed by atoms with van der Waals surface area (Å²) in [4.78, 5) is 20.8. The molecule has 3 heterocycles. The normalized spacial score (nSPS) is 15.3. The van der Waals surface area contributed by atoms with Crippen molar-refractivity contribution in [2.75, 3.05) is 46.3 Å². The standard InChI is InChI=1S/C20H32N8O.HI/c1-16(2)23-19(29)15-26-11-13-27(14-12-26)20(21-3)22-9-6-8-18-25-24-17-7-4-5-10-28(17)18;/h4-5,7,10,16H,6,8-9,11-15H2,1-3H3,(H,21,22)(H,23,29);1H. The number of aryl methyl sites for hydroxylation is 1. The molecule has 0 atom stereocenters. The summed E-state index contributed by atoms with van der Waals surface area (Å²) in [6.07, 6.45) is 3.80. The van der Waals surface area contributed by atoms with E-state index in [-0.39, 0.29) is 35.9 Å². The highest BCUT2D eigenvalue weighted by molar-refractivity contribution is 14.0. The third-order valence-corrected chi connectivity index (χ3v) is 4.95. The van der Waals surface area contributed by atoms with Crippen LogP contribution in [0.3, 0.4) is 0 Å². The van der Waals surface area contributed by atoms with Crippen LogP contribution in [0.25, 0.3) is 5.65 Å². The molecule has 0 radical (unpaired) electrons. The van der Waals surface area contributed by atoms with E-state index < -0.39 is 0 Å². The maximum atomic E-state index is 11.9. The Bertz CT molecular complexity index is 829. The number of amides is 1. The molecule has 2 N–H and O–H groups in total. The van der Waals surface area contributed by atoms with Gasteiger partial charge in [-0.2, -0.15) is 0 Å². The lowest BCUT2D eigenvalue weighted by Crippen LogP contribution is -2.54. The molecular formula is C20H33IN8O. The second kappa shape index (κ2) is 12.0. The minimum absolute atomic E-state index is 0. The van der Waals surface area contributed by atoms with Gasteiger partial charge in [-0.05, 0) is 32.4 Å². The molecule has 2 aromatic heterocycles. The Labute approximate surface area is 195 Å². The van der Waals surface area contributed by atoms with Crippen molar-refractivity contribution < 1.29 is 4.79 Å². The third-order valence-electron chi connectivity index (χ3n) is 4.95. The summed E-state index contributed by atoms with van der Waals surface area (Å²) in [6, 6.07) is 6.10. The number of carbonyl (C=O) groups is 1. The Balaban J connectivity index is 0.00000320. The molecular weight excluding hydrogens is 495 g/mol. The number of aliphatic imine (C=N–C) groups is 1. The van der Waals surface area contributed by atoms with Gasteiger partial charge in [0, 0.05) is 58.4 Å². The van der Waals surface area contributed by atoms with E-state index in [0.29, 0.717) is 6.54 Å². The van der Waals surface area contributed by atoms with Crippen molar-refractivity contribution in [3.05, 3.63) is 30.2 Å². The van der Waals surface area contributed by atoms with Gasteiger partial charge in [0.1, 0.15) is 5.82 Å². The SMILES string of the molecule is CN=C(NCCCc1nnc2ccccn12)N1CCN(CC(=O)NC(C)C)CC1.I. The van der Waals surface area contributed by atoms with Gasteiger partial charge >= 0.3 is 0 Å². The van der Waals surface area contributed by atoms with Gasteiger partial charge in [-0.3, -0.25) is 19.1 Å². The summed E-state index contributed by atoms with van der Waals surface area (Å²) < 4.78 is 2.03. The van der Waals surface area contributed by atoms with Crippen molar-refractivity contribution in [2.24, 2.45) is 4.99 Å². The monoisotopic (exact) mass is 528 g/mol. The lowest BCUT2D eigenvalue weighted by Gasteiger charge is -2.36. The van der Waals surface area contributed by atoms with Gasteiger partial charge in [-0.1, -0.05) is 6.07 Å². The molecule has 30 heavy (non-hydrogen) atoms. The van der Waals surface area contributed by atoms with Crippen molar-refractivity contribution in [3.8, 4) is 0 Å². The average molecular weight is 528 g/mol. The maximum Gasteiger partial charge on any atom is 0.234 e. The molecule has 0 aromatic carbocycles. The largest absolute Gasteiger partial charge is 0.356 e. The molecule has 10 heteroatoms. The van der Waals surface area contributed by atoms with E-state index in [1.54, 1.807) is 0 Å². The minimum atomic E-state index is 0. The molecule has 0 bridgehead atoms. The summed E-state index contributed by atoms with van der Waals surface area (Å²) in [5.41, 5.74) is 0.881. The van der Waals surface area contributed by atoms with Gasteiger partial charge < -0.3 is 15.5 Å². The zero-order chi connectivity index (χ0) is 20.6. The number of aromatic nitrogens is 3. The van der Waals surface area contributed by atoms with Crippen LogP contribution in [0, 0.1) is 0 Å². The first-order valence-corrected chi connectivity index (χ1v) is 10.3. The second-order valence-corrected chi connectivity index (χ2v) is 7.61. The fraction of sp³-hybridized carbons (Fsp3) is 0.600. The highest BCUT2D eigenvalue weighted by Crippen LogP contribution is 2.05. The number of rotatable bonds is 7. The topological polar surface area (TPSA) is 90.2 Å². The summed E-state index contributed by atoms with van der Waals surface area (Å²) in [7, 11) is 1.82. The second-order valence-electron chi connectivity index (χ2n) is 7.61. The fourth-order valence-corrected chi connectivity index (χ4v) is 3.53. The van der Waals surface area contributed by atoms with Crippen molar-refractivity contribution in [3.63, 3.8) is 0 Å². The molecule has 0 saturated carbocycles. The molecule has 166 valence electrons. The Morgan fingerprint density at radius 3 is 2.67 bits per heavy atom. The van der Waals surface area contributed by atoms with E-state index in [1.807, 2.05) is 49.7 Å². The number of pyridine rings is 1. The number of nitrogens with zero attached hydrogens (tertiary/aromatic N) is 6. The number of halogens is 1. The highest BCUT2D eigenvalue weighted by Gasteiger charge is 2.21. The Kier molecular flexibility index (Phi) is 9.76. The van der Waals surface area contributed by atoms with Crippen LogP contribution in [0.2, 0.25) is 0 Å². The van der Waals surface area contributed by atoms with Gasteiger partial charge in [0.15, 0.2) is 11.6 Å². The molecule has 0 aliphatic carbocycles. The summed E-state index contributed by atoms with van der Waals surface area (Å²) in [5, 5.41) is 14.9. The number of guanidine groups is 1. The number of carbonyl (C=O) groups excluding carboxylic acids is 1. The summed E-state index contributed by atoms with van der Waals surface area (Å²) in [5.74, 6) is 1.99. The zero-order valence-electron chi connectivity index (χ0n) is 18.0. The predicted octanol–water partition coefficient (Wildman–Crippen LogP) is 0.997. The maximum absolute atomic E-state index is 11.9. The Morgan fingerprint density at radius 2 is 1.97 bits per heavy atom. The van der Waals surface area contributed by atoms with E-state index in [4.69, 9.17) is 0 Å². The smallest absolute Gasteiger partial charge is 0.234 e. The lowest BCUT2D eigenvalue weighted by molar-refractivity contribution is -0.123. The molecule has 1 fully saturated rings. The molecule has 1 amide bonds. The van der Waals surface area contributed by atoms with Crippen LogP contribution in [-0.2, 0) is 11.2 Å². The van der Waals surface area contributed by atoms with Gasteiger partial charge in [-0.25, -0.2) is 0 Å². The third kappa shape index (κ3) is 6.79. The molecule has 2 aromatic rings. The average Bonchev–Trinajstić information content (AvgIpc) is 3.11. The molecule has 0 unspecified atom stereocenters. The van der Waals surface area contributed by atoms with Crippen LogP contribution < -0.4 is 10.6 Å². The van der Waals surface area contributed by atoms with E-state index in [0.717, 1.165) is 63.0 Å². The van der Waals surface area contributed by atoms with Crippen molar-refractivity contribution in [2.45, 2.75) is 32.7 Å². The van der Waals surface area contributed by atoms with Gasteiger partial charge in [-0.15, -0.1) is 34.2 Å². The molecule has 1 aliphatic rings. The molecule has 0 spiro atoms. The van der Waals surface area contributed by atoms with E-state index in [9.17, 15) is 4.79 Å². The molecule has 9 nitrogen and oxygen atoms in total. The first-order chi connectivity index (χ1) is 14.1. The van der Waals surface area contributed by atoms with Crippen LogP contribution in [0.15, 0.2) is 29.4 Å². The Morgan fingerprint density at radius 1 is 1.20 bits per heavy atom. The minimum Gasteiger partial charge on any atom is -0.356 e. The highest BCUT2D eigenvalue weighted by atomic mass is 127. The van der Waals surface area contributed by atoms with Crippen molar-refractivity contribution >= 4 is 41.5 Å². The summed E-state index contributed by atoms with van der Waals surface area (Å²) >= 11 is 0. The van der Waals surface area contributed by atoms with Crippen molar-refractivity contribution in [1.29, 1.82) is 0 Å². The van der Waals surface area contributed by atoms with Crippen LogP contribution in [0.4, 0.5) is 0 Å². The number of hydrogen-bond acceptors (Lipinski definition) is 5. The van der Waals surface area contributed by atoms with E-state index >= 15 is 0 Å². The van der Waals surface area contributed by atoms with E-state index in [2.05, 4.69) is 35.6 Å². The zero-order valence-corrected chi connectivity index (χ0v) is 20.4. The van der Waals surface area contributed by atoms with Crippen LogP contribution in [0.5, 0.6) is 0 Å². The molecule has 1 saturated heterocycles. The quantitative estimate of drug-likeness (QED) is 0.241. The fourth-order valence-electron chi connectivity index (χ4n) is 3.53. The van der Waals surface area contributed by atoms with Crippen LogP contribution >= 0.6 is 24.0 Å². The molecule has 1 aliphatic heterocycles. The predicted molar refractivity (Wildman–Crippen MR) is 129 cm³/mol. The summed E-state index contributed by atoms with van der Waals surface area (Å²) in [6.45, 7) is 8.70. The van der Waals surface area contributed by atoms with Crippen LogP contribution in [-0.4, -0.2) is 88.6 Å². The first kappa shape index (κ1) is 24.3. The van der Waals surface area contributed by atoms with Gasteiger partial charge in [0.2, 0.25) is 5.91 Å². The van der Waals surface area contributed by atoms with Gasteiger partial charge in [0.05, 0.1) is 6.54 Å². The number of hydrogen-bond donors (Lipinski definition) is 2. The number of nitrogens with one attached hydrogen (secondary N) is 2. The Hall–Kier alpha value is -1.95. The number of piperazine rings is 1. The van der Waals surface area contributed by atoms with Crippen LogP contribution in [0.1, 0.15) is 26.1 Å². The molecule has 3 rings (SSSR count). The number of fused-ring (bicyclic) bond motifs is 1. The van der Waals surface area contributed by atoms with E-state index in [1.165, 1.54) is 0 Å². The lowest BCUT2D eigenvalue weighted by atomic mass is 10.3. The van der Waals surface area contributed by atoms with Crippen molar-refractivity contribution in [1.82, 2.24) is 35.0 Å². The first-order valence-electron chi connectivity index (χ1n) is 10.3.